The Balaban J connectivity index is 2.30. The van der Waals surface area contributed by atoms with Crippen LogP contribution in [0, 0.1) is 22.7 Å². The van der Waals surface area contributed by atoms with Gasteiger partial charge in [0.15, 0.2) is 5.78 Å². The largest absolute Gasteiger partial charge is 0.497 e. The Morgan fingerprint density at radius 3 is 2.31 bits per heavy atom. The Morgan fingerprint density at radius 2 is 1.69 bits per heavy atom. The van der Waals surface area contributed by atoms with Crippen molar-refractivity contribution in [3.8, 4) is 23.6 Å². The highest BCUT2D eigenvalue weighted by Crippen LogP contribution is 2.40. The fourth-order valence-corrected chi connectivity index (χ4v) is 2.95. The Bertz CT molecular complexity index is 1030. The number of methoxy groups -OCH3 is 2. The molecule has 0 heterocycles. The van der Waals surface area contributed by atoms with Gasteiger partial charge in [0.2, 0.25) is 0 Å². The van der Waals surface area contributed by atoms with Crippen molar-refractivity contribution in [1.82, 2.24) is 0 Å². The summed E-state index contributed by atoms with van der Waals surface area (Å²) in [6.45, 7) is 0. The van der Waals surface area contributed by atoms with Crippen LogP contribution in [0.3, 0.4) is 0 Å². The molecule has 0 fully saturated rings. The van der Waals surface area contributed by atoms with Crippen LogP contribution in [0.5, 0.6) is 11.5 Å². The van der Waals surface area contributed by atoms with E-state index in [2.05, 4.69) is 0 Å². The number of fused-ring (bicyclic) bond motifs is 1. The number of benzene rings is 2. The SMILES string of the molecule is COc1ccc(OC)c(/C=C2\C(=O)c3ccccc3C2=C(C#N)C#N)c1. The molecular formula is C21H14N2O3. The number of hydrogen-bond acceptors (Lipinski definition) is 5. The molecule has 0 saturated carbocycles. The fourth-order valence-electron chi connectivity index (χ4n) is 2.95. The number of nitrogens with zero attached hydrogens (tertiary/aromatic N) is 2. The Hall–Kier alpha value is -3.83. The van der Waals surface area contributed by atoms with Crippen LogP contribution in [0.15, 0.2) is 53.6 Å². The first-order chi connectivity index (χ1) is 12.6. The summed E-state index contributed by atoms with van der Waals surface area (Å²) in [6, 6.07) is 15.9. The summed E-state index contributed by atoms with van der Waals surface area (Å²) in [4.78, 5) is 12.9. The number of carbonyl (C=O) groups is 1. The molecule has 2 aromatic rings. The van der Waals surface area contributed by atoms with Crippen LogP contribution < -0.4 is 9.47 Å². The molecule has 0 atom stereocenters. The van der Waals surface area contributed by atoms with Gasteiger partial charge < -0.3 is 9.47 Å². The monoisotopic (exact) mass is 342 g/mol. The van der Waals surface area contributed by atoms with Crippen LogP contribution in [0.4, 0.5) is 0 Å². The molecule has 1 aliphatic rings. The molecule has 0 unspecified atom stereocenters. The predicted octanol–water partition coefficient (Wildman–Crippen LogP) is 3.78. The van der Waals surface area contributed by atoms with E-state index in [0.29, 0.717) is 33.8 Å². The van der Waals surface area contributed by atoms with Crippen LogP contribution in [-0.2, 0) is 0 Å². The molecule has 0 bridgehead atoms. The molecule has 3 rings (SSSR count). The summed E-state index contributed by atoms with van der Waals surface area (Å²) in [5.74, 6) is 0.923. The van der Waals surface area contributed by atoms with Crippen LogP contribution in [0.2, 0.25) is 0 Å². The number of nitriles is 2. The lowest BCUT2D eigenvalue weighted by Gasteiger charge is -2.09. The molecule has 0 aliphatic heterocycles. The summed E-state index contributed by atoms with van der Waals surface area (Å²) >= 11 is 0. The molecule has 0 N–H and O–H groups in total. The van der Waals surface area contributed by atoms with E-state index in [4.69, 9.17) is 9.47 Å². The molecule has 0 aromatic heterocycles. The van der Waals surface area contributed by atoms with Crippen LogP contribution in [-0.4, -0.2) is 20.0 Å². The van der Waals surface area contributed by atoms with Crippen LogP contribution in [0.1, 0.15) is 21.5 Å². The molecule has 2 aromatic carbocycles. The predicted molar refractivity (Wildman–Crippen MR) is 96.4 cm³/mol. The van der Waals surface area contributed by atoms with Crippen molar-refractivity contribution in [3.05, 3.63) is 70.3 Å². The average molecular weight is 342 g/mol. The number of rotatable bonds is 3. The number of carbonyl (C=O) groups excluding carboxylic acids is 1. The summed E-state index contributed by atoms with van der Waals surface area (Å²) in [5, 5.41) is 18.7. The van der Waals surface area contributed by atoms with Gasteiger partial charge in [0, 0.05) is 22.3 Å². The zero-order chi connectivity index (χ0) is 18.7. The van der Waals surface area contributed by atoms with E-state index < -0.39 is 0 Å². The molecule has 0 saturated heterocycles. The third-order valence-corrected chi connectivity index (χ3v) is 4.17. The van der Waals surface area contributed by atoms with Crippen LogP contribution >= 0.6 is 0 Å². The Kier molecular flexibility index (Phi) is 4.55. The van der Waals surface area contributed by atoms with Crippen molar-refractivity contribution in [2.45, 2.75) is 0 Å². The highest BCUT2D eigenvalue weighted by atomic mass is 16.5. The molecule has 1 aliphatic carbocycles. The summed E-state index contributed by atoms with van der Waals surface area (Å²) in [6.07, 6.45) is 1.63. The van der Waals surface area contributed by atoms with Gasteiger partial charge >= 0.3 is 0 Å². The van der Waals surface area contributed by atoms with E-state index in [1.165, 1.54) is 7.11 Å². The molecule has 5 nitrogen and oxygen atoms in total. The van der Waals surface area contributed by atoms with Gasteiger partial charge in [0.25, 0.3) is 0 Å². The lowest BCUT2D eigenvalue weighted by Crippen LogP contribution is -1.97. The Morgan fingerprint density at radius 1 is 1.00 bits per heavy atom. The van der Waals surface area contributed by atoms with E-state index in [9.17, 15) is 15.3 Å². The number of ketones is 1. The van der Waals surface area contributed by atoms with Crippen molar-refractivity contribution in [1.29, 1.82) is 10.5 Å². The molecule has 0 spiro atoms. The Labute approximate surface area is 151 Å². The third kappa shape index (κ3) is 2.72. The molecule has 0 amide bonds. The van der Waals surface area contributed by atoms with Crippen LogP contribution in [0.25, 0.3) is 11.6 Å². The number of hydrogen-bond donors (Lipinski definition) is 0. The van der Waals surface area contributed by atoms with Gasteiger partial charge in [-0.15, -0.1) is 0 Å². The average Bonchev–Trinajstić information content (AvgIpc) is 2.95. The van der Waals surface area contributed by atoms with Crippen molar-refractivity contribution in [2.24, 2.45) is 0 Å². The highest BCUT2D eigenvalue weighted by Gasteiger charge is 2.32. The van der Waals surface area contributed by atoms with Crippen molar-refractivity contribution in [2.75, 3.05) is 14.2 Å². The third-order valence-electron chi connectivity index (χ3n) is 4.17. The van der Waals surface area contributed by atoms with Crippen molar-refractivity contribution < 1.29 is 14.3 Å². The number of ether oxygens (including phenoxy) is 2. The zero-order valence-corrected chi connectivity index (χ0v) is 14.2. The minimum atomic E-state index is -0.233. The topological polar surface area (TPSA) is 83.1 Å². The first-order valence-electron chi connectivity index (χ1n) is 7.77. The first-order valence-corrected chi connectivity index (χ1v) is 7.77. The van der Waals surface area contributed by atoms with Crippen molar-refractivity contribution in [3.63, 3.8) is 0 Å². The van der Waals surface area contributed by atoms with Gasteiger partial charge in [-0.05, 0) is 29.8 Å². The van der Waals surface area contributed by atoms with E-state index in [1.54, 1.807) is 55.7 Å². The van der Waals surface area contributed by atoms with Gasteiger partial charge in [-0.3, -0.25) is 4.79 Å². The van der Waals surface area contributed by atoms with Crippen molar-refractivity contribution >= 4 is 17.4 Å². The molecule has 126 valence electrons. The fraction of sp³-hybridized carbons (Fsp3) is 0.0952. The maximum Gasteiger partial charge on any atom is 0.194 e. The van der Waals surface area contributed by atoms with E-state index in [0.717, 1.165) is 0 Å². The van der Waals surface area contributed by atoms with E-state index in [1.807, 2.05) is 12.1 Å². The van der Waals surface area contributed by atoms with E-state index >= 15 is 0 Å². The first kappa shape index (κ1) is 17.0. The quantitative estimate of drug-likeness (QED) is 0.626. The maximum atomic E-state index is 12.9. The number of allylic oxidation sites excluding steroid dienone is 3. The van der Waals surface area contributed by atoms with Gasteiger partial charge in [-0.2, -0.15) is 10.5 Å². The second kappa shape index (κ2) is 6.96. The lowest BCUT2D eigenvalue weighted by atomic mass is 9.98. The molecule has 26 heavy (non-hydrogen) atoms. The zero-order valence-electron chi connectivity index (χ0n) is 14.2. The second-order valence-electron chi connectivity index (χ2n) is 5.51. The van der Waals surface area contributed by atoms with Gasteiger partial charge in [-0.25, -0.2) is 0 Å². The second-order valence-corrected chi connectivity index (χ2v) is 5.51. The number of Topliss-reactive ketones (excluding diaryl/α,β-unsaturated/α-hetero) is 1. The molecule has 5 heteroatoms. The minimum Gasteiger partial charge on any atom is -0.497 e. The standard InChI is InChI=1S/C21H14N2O3/c1-25-15-7-8-19(26-2)13(9-15)10-18-20(14(11-22)12-23)16-5-3-4-6-17(16)21(18)24/h3-10H,1-2H3/b18-10-. The summed E-state index contributed by atoms with van der Waals surface area (Å²) in [7, 11) is 3.08. The molecular weight excluding hydrogens is 328 g/mol. The lowest BCUT2D eigenvalue weighted by molar-refractivity contribution is 0.104. The minimum absolute atomic E-state index is 0.101. The van der Waals surface area contributed by atoms with Gasteiger partial charge in [0.05, 0.1) is 14.2 Å². The summed E-state index contributed by atoms with van der Waals surface area (Å²) < 4.78 is 10.6. The normalized spacial score (nSPS) is 13.8. The summed E-state index contributed by atoms with van der Waals surface area (Å²) in [5.41, 5.74) is 2.21. The maximum absolute atomic E-state index is 12.9. The van der Waals surface area contributed by atoms with E-state index in [-0.39, 0.29) is 16.9 Å². The smallest absolute Gasteiger partial charge is 0.194 e. The molecule has 0 radical (unpaired) electrons. The van der Waals surface area contributed by atoms with Gasteiger partial charge in [-0.1, -0.05) is 24.3 Å². The highest BCUT2D eigenvalue weighted by molar-refractivity contribution is 6.29. The van der Waals surface area contributed by atoms with Gasteiger partial charge in [0.1, 0.15) is 29.2 Å².